The largest absolute Gasteiger partial charge is 0.323 e. The quantitative estimate of drug-likeness (QED) is 0.622. The molecule has 0 saturated carbocycles. The highest BCUT2D eigenvalue weighted by atomic mass is 35.5. The van der Waals surface area contributed by atoms with Crippen LogP contribution < -0.4 is 0 Å². The fraction of sp³-hybridized carbons (Fsp3) is 0.182. The van der Waals surface area contributed by atoms with Gasteiger partial charge in [-0.25, -0.2) is 4.98 Å². The van der Waals surface area contributed by atoms with Gasteiger partial charge in [0, 0.05) is 19.5 Å². The van der Waals surface area contributed by atoms with E-state index in [1.807, 2.05) is 0 Å². The van der Waals surface area contributed by atoms with Gasteiger partial charge >= 0.3 is 20.2 Å². The molecule has 10 nitrogen and oxygen atoms in total. The lowest BCUT2D eigenvalue weighted by Gasteiger charge is -2.09. The lowest BCUT2D eigenvalue weighted by Crippen LogP contribution is -2.29. The van der Waals surface area contributed by atoms with Crippen molar-refractivity contribution in [3.63, 3.8) is 0 Å². The highest BCUT2D eigenvalue weighted by Crippen LogP contribution is 2.25. The van der Waals surface area contributed by atoms with Crippen molar-refractivity contribution in [1.29, 1.82) is 0 Å². The molecule has 0 aliphatic rings. The summed E-state index contributed by atoms with van der Waals surface area (Å²) in [6.07, 6.45) is 0.801. The first-order valence-corrected chi connectivity index (χ1v) is 9.61. The maximum Gasteiger partial charge on any atom is 0.323 e. The van der Waals surface area contributed by atoms with Gasteiger partial charge in [0.25, 0.3) is 5.16 Å². The average Bonchev–Trinajstić information content (AvgIpc) is 3.14. The summed E-state index contributed by atoms with van der Waals surface area (Å²) in [7, 11) is -5.73. The van der Waals surface area contributed by atoms with Crippen molar-refractivity contribution in [2.75, 3.05) is 14.1 Å². The minimum absolute atomic E-state index is 0.00507. The molecule has 0 bridgehead atoms. The third-order valence-electron chi connectivity index (χ3n) is 3.12. The Balaban J connectivity index is 2.17. The van der Waals surface area contributed by atoms with Crippen LogP contribution in [0.2, 0.25) is 5.15 Å². The van der Waals surface area contributed by atoms with Gasteiger partial charge in [0.05, 0.1) is 5.52 Å². The molecular weight excluding hydrogens is 380 g/mol. The van der Waals surface area contributed by atoms with Gasteiger partial charge in [-0.2, -0.15) is 21.1 Å². The van der Waals surface area contributed by atoms with E-state index >= 15 is 0 Å². The van der Waals surface area contributed by atoms with Gasteiger partial charge in [-0.1, -0.05) is 23.7 Å². The molecule has 0 radical (unpaired) electrons. The minimum Gasteiger partial charge on any atom is -0.203 e. The maximum absolute atomic E-state index is 12.7. The number of nitrogens with zero attached hydrogens (tertiary/aromatic N) is 6. The van der Waals surface area contributed by atoms with E-state index in [0.29, 0.717) is 13.6 Å². The Kier molecular flexibility index (Phi) is 3.86. The molecule has 0 amide bonds. The molecule has 0 aliphatic heterocycles. The Hall–Kier alpha value is -2.02. The number of aromatic nitrogens is 5. The van der Waals surface area contributed by atoms with E-state index < -0.39 is 25.4 Å². The van der Waals surface area contributed by atoms with Crippen LogP contribution in [-0.2, 0) is 20.2 Å². The monoisotopic (exact) mass is 390 g/mol. The number of halogens is 1. The summed E-state index contributed by atoms with van der Waals surface area (Å²) in [4.78, 5) is 3.58. The molecule has 128 valence electrons. The second-order valence-corrected chi connectivity index (χ2v) is 8.87. The van der Waals surface area contributed by atoms with Crippen LogP contribution in [0, 0.1) is 0 Å². The van der Waals surface area contributed by atoms with Gasteiger partial charge in [-0.05, 0) is 12.1 Å². The van der Waals surface area contributed by atoms with Crippen LogP contribution >= 0.6 is 11.6 Å². The lowest BCUT2D eigenvalue weighted by molar-refractivity contribution is 0.502. The van der Waals surface area contributed by atoms with E-state index in [1.54, 1.807) is 18.2 Å². The summed E-state index contributed by atoms with van der Waals surface area (Å²) in [5, 5.41) is 7.06. The van der Waals surface area contributed by atoms with Gasteiger partial charge in [0.2, 0.25) is 0 Å². The van der Waals surface area contributed by atoms with Crippen molar-refractivity contribution in [2.45, 2.75) is 5.16 Å². The second-order valence-electron chi connectivity index (χ2n) is 4.85. The predicted octanol–water partition coefficient (Wildman–Crippen LogP) is 0.173. The zero-order chi connectivity index (χ0) is 17.7. The topological polar surface area (TPSA) is 120 Å². The van der Waals surface area contributed by atoms with Crippen LogP contribution in [0.5, 0.6) is 0 Å². The van der Waals surface area contributed by atoms with Crippen LogP contribution in [-0.4, -0.2) is 58.6 Å². The molecule has 0 saturated heterocycles. The Morgan fingerprint density at radius 1 is 1.08 bits per heavy atom. The predicted molar refractivity (Wildman–Crippen MR) is 85.4 cm³/mol. The number of para-hydroxylation sites is 1. The highest BCUT2D eigenvalue weighted by molar-refractivity contribution is 7.90. The fourth-order valence-electron chi connectivity index (χ4n) is 1.89. The molecule has 0 fully saturated rings. The van der Waals surface area contributed by atoms with Gasteiger partial charge in [0.15, 0.2) is 5.15 Å². The summed E-state index contributed by atoms with van der Waals surface area (Å²) in [6.45, 7) is 0. The normalized spacial score (nSPS) is 13.0. The number of benzene rings is 1. The minimum atomic E-state index is -4.31. The molecule has 3 aromatic rings. The van der Waals surface area contributed by atoms with E-state index in [4.69, 9.17) is 11.6 Å². The van der Waals surface area contributed by atoms with E-state index in [2.05, 4.69) is 15.2 Å². The summed E-state index contributed by atoms with van der Waals surface area (Å²) in [6, 6.07) is 6.43. The summed E-state index contributed by atoms with van der Waals surface area (Å²) in [5.41, 5.74) is 0.231. The zero-order valence-corrected chi connectivity index (χ0v) is 14.8. The average molecular weight is 391 g/mol. The molecule has 0 atom stereocenters. The van der Waals surface area contributed by atoms with Crippen LogP contribution in [0.1, 0.15) is 0 Å². The SMILES string of the molecule is CN(C)S(=O)(=O)n1cnc(S(=O)(=O)n2nc(Cl)c3ccccc32)n1. The Labute approximate surface area is 142 Å². The summed E-state index contributed by atoms with van der Waals surface area (Å²) >= 11 is 5.95. The van der Waals surface area contributed by atoms with E-state index in [0.717, 1.165) is 10.6 Å². The van der Waals surface area contributed by atoms with E-state index in [1.165, 1.54) is 20.2 Å². The molecule has 2 heterocycles. The van der Waals surface area contributed by atoms with Crippen molar-refractivity contribution in [1.82, 2.24) is 27.7 Å². The summed E-state index contributed by atoms with van der Waals surface area (Å²) < 4.78 is 51.3. The highest BCUT2D eigenvalue weighted by Gasteiger charge is 2.29. The molecule has 1 aromatic carbocycles. The Bertz CT molecular complexity index is 1130. The standard InChI is InChI=1S/C11H11ClN6O4S2/c1-16(2)24(21,22)17-7-13-11(15-17)23(19,20)18-9-6-4-3-5-8(9)10(12)14-18/h3-7H,1-2H3. The van der Waals surface area contributed by atoms with Gasteiger partial charge in [-0.3, -0.25) is 0 Å². The van der Waals surface area contributed by atoms with Crippen molar-refractivity contribution in [2.24, 2.45) is 0 Å². The molecule has 24 heavy (non-hydrogen) atoms. The van der Waals surface area contributed by atoms with E-state index in [-0.39, 0.29) is 10.7 Å². The first-order chi connectivity index (χ1) is 11.2. The number of hydrogen-bond acceptors (Lipinski definition) is 7. The molecule has 0 unspecified atom stereocenters. The van der Waals surface area contributed by atoms with Crippen LogP contribution in [0.25, 0.3) is 10.9 Å². The number of hydrogen-bond donors (Lipinski definition) is 0. The van der Waals surface area contributed by atoms with Crippen molar-refractivity contribution in [3.8, 4) is 0 Å². The number of fused-ring (bicyclic) bond motifs is 1. The molecule has 0 N–H and O–H groups in total. The van der Waals surface area contributed by atoms with Crippen LogP contribution in [0.3, 0.4) is 0 Å². The third kappa shape index (κ3) is 2.47. The van der Waals surface area contributed by atoms with Crippen molar-refractivity contribution < 1.29 is 16.8 Å². The fourth-order valence-corrected chi connectivity index (χ4v) is 4.04. The van der Waals surface area contributed by atoms with Crippen LogP contribution in [0.15, 0.2) is 35.7 Å². The van der Waals surface area contributed by atoms with Gasteiger partial charge in [-0.15, -0.1) is 18.4 Å². The molecule has 0 spiro atoms. The Morgan fingerprint density at radius 3 is 2.42 bits per heavy atom. The maximum atomic E-state index is 12.7. The molecular formula is C11H11ClN6O4S2. The van der Waals surface area contributed by atoms with Gasteiger partial charge < -0.3 is 0 Å². The van der Waals surface area contributed by atoms with Crippen LogP contribution in [0.4, 0.5) is 0 Å². The van der Waals surface area contributed by atoms with Gasteiger partial charge in [0.1, 0.15) is 6.33 Å². The summed E-state index contributed by atoms with van der Waals surface area (Å²) in [5.74, 6) is 0. The molecule has 3 rings (SSSR count). The first-order valence-electron chi connectivity index (χ1n) is 6.39. The number of rotatable bonds is 4. The Morgan fingerprint density at radius 2 is 1.75 bits per heavy atom. The zero-order valence-electron chi connectivity index (χ0n) is 12.4. The molecule has 2 aromatic heterocycles. The molecule has 13 heteroatoms. The third-order valence-corrected chi connectivity index (χ3v) is 6.35. The van der Waals surface area contributed by atoms with Crippen molar-refractivity contribution >= 4 is 42.7 Å². The molecule has 0 aliphatic carbocycles. The van der Waals surface area contributed by atoms with E-state index in [9.17, 15) is 16.8 Å². The second kappa shape index (κ2) is 5.51. The lowest BCUT2D eigenvalue weighted by atomic mass is 10.3. The smallest absolute Gasteiger partial charge is 0.203 e. The first kappa shape index (κ1) is 16.8. The van der Waals surface area contributed by atoms with Crippen molar-refractivity contribution in [3.05, 3.63) is 35.7 Å².